The number of nitrogens with one attached hydrogen (secondary N) is 1. The SMILES string of the molecule is CC(C)(C)OC(=O)Nc1nccc(Oc2ccc([N+](=O)[O-])cc2F)c1CO[Si](C)(C)C(C)(C)C. The summed E-state index contributed by atoms with van der Waals surface area (Å²) in [5, 5.41) is 13.4. The Morgan fingerprint density at radius 1 is 1.15 bits per heavy atom. The minimum absolute atomic E-state index is 0.0411. The third-order valence-corrected chi connectivity index (χ3v) is 9.84. The minimum Gasteiger partial charge on any atom is -0.454 e. The Morgan fingerprint density at radius 3 is 2.32 bits per heavy atom. The van der Waals surface area contributed by atoms with Gasteiger partial charge in [0.1, 0.15) is 17.2 Å². The van der Waals surface area contributed by atoms with Crippen LogP contribution in [0.5, 0.6) is 11.5 Å². The van der Waals surface area contributed by atoms with E-state index in [9.17, 15) is 19.3 Å². The van der Waals surface area contributed by atoms with Crippen molar-refractivity contribution in [1.29, 1.82) is 0 Å². The fourth-order valence-corrected chi connectivity index (χ4v) is 3.43. The van der Waals surface area contributed by atoms with E-state index in [0.29, 0.717) is 5.56 Å². The van der Waals surface area contributed by atoms with Crippen LogP contribution in [0.15, 0.2) is 30.5 Å². The Balaban J connectivity index is 2.44. The first-order chi connectivity index (χ1) is 15.5. The van der Waals surface area contributed by atoms with Crippen LogP contribution in [0.25, 0.3) is 0 Å². The molecule has 0 radical (unpaired) electrons. The van der Waals surface area contributed by atoms with Crippen molar-refractivity contribution < 1.29 is 28.0 Å². The molecule has 9 nitrogen and oxygen atoms in total. The molecule has 0 aliphatic carbocycles. The molecule has 0 fully saturated rings. The molecule has 1 heterocycles. The van der Waals surface area contributed by atoms with E-state index in [-0.39, 0.29) is 29.0 Å². The Hall–Kier alpha value is -3.05. The van der Waals surface area contributed by atoms with Crippen molar-refractivity contribution in [3.05, 3.63) is 52.0 Å². The number of halogens is 1. The van der Waals surface area contributed by atoms with E-state index in [1.54, 1.807) is 20.8 Å². The standard InChI is InChI=1S/C23H32FN3O6Si/c1-22(2,3)33-21(28)26-20-16(14-31-34(7,8)23(4,5)6)18(11-12-25-20)32-19-10-9-15(27(29)30)13-17(19)24/h9-13H,14H2,1-8H3,(H,25,26,28). The molecule has 34 heavy (non-hydrogen) atoms. The quantitative estimate of drug-likeness (QED) is 0.257. The second-order valence-electron chi connectivity index (χ2n) is 10.3. The normalized spacial score (nSPS) is 12.3. The van der Waals surface area contributed by atoms with Crippen molar-refractivity contribution in [3.8, 4) is 11.5 Å². The summed E-state index contributed by atoms with van der Waals surface area (Å²) < 4.78 is 31.9. The van der Waals surface area contributed by atoms with Gasteiger partial charge in [-0.25, -0.2) is 14.2 Å². The summed E-state index contributed by atoms with van der Waals surface area (Å²) in [4.78, 5) is 26.8. The monoisotopic (exact) mass is 493 g/mol. The lowest BCUT2D eigenvalue weighted by Gasteiger charge is -2.36. The van der Waals surface area contributed by atoms with Crippen molar-refractivity contribution in [2.24, 2.45) is 0 Å². The van der Waals surface area contributed by atoms with Gasteiger partial charge in [-0.05, 0) is 51.0 Å². The molecule has 1 aromatic carbocycles. The van der Waals surface area contributed by atoms with Crippen molar-refractivity contribution in [3.63, 3.8) is 0 Å². The first-order valence-corrected chi connectivity index (χ1v) is 13.6. The van der Waals surface area contributed by atoms with Crippen LogP contribution < -0.4 is 10.1 Å². The second kappa shape index (κ2) is 10.1. The van der Waals surface area contributed by atoms with E-state index in [1.165, 1.54) is 18.3 Å². The number of aromatic nitrogens is 1. The van der Waals surface area contributed by atoms with E-state index < -0.39 is 36.4 Å². The summed E-state index contributed by atoms with van der Waals surface area (Å²) >= 11 is 0. The fourth-order valence-electron chi connectivity index (χ4n) is 2.49. The van der Waals surface area contributed by atoms with Crippen LogP contribution in [0.1, 0.15) is 47.1 Å². The zero-order chi connectivity index (χ0) is 25.9. The van der Waals surface area contributed by atoms with E-state index in [1.807, 2.05) is 0 Å². The number of anilines is 1. The van der Waals surface area contributed by atoms with Crippen LogP contribution in [0.3, 0.4) is 0 Å². The van der Waals surface area contributed by atoms with Gasteiger partial charge in [-0.15, -0.1) is 0 Å². The van der Waals surface area contributed by atoms with Crippen molar-refractivity contribution in [2.75, 3.05) is 5.32 Å². The molecular weight excluding hydrogens is 461 g/mol. The maximum Gasteiger partial charge on any atom is 0.413 e. The van der Waals surface area contributed by atoms with E-state index in [2.05, 4.69) is 44.2 Å². The van der Waals surface area contributed by atoms with Crippen LogP contribution in [0.4, 0.5) is 20.7 Å². The summed E-state index contributed by atoms with van der Waals surface area (Å²) in [6, 6.07) is 4.60. The summed E-state index contributed by atoms with van der Waals surface area (Å²) in [7, 11) is -2.21. The molecule has 1 aromatic heterocycles. The van der Waals surface area contributed by atoms with Crippen LogP contribution >= 0.6 is 0 Å². The van der Waals surface area contributed by atoms with Crippen LogP contribution in [-0.2, 0) is 15.8 Å². The number of amides is 1. The predicted octanol–water partition coefficient (Wildman–Crippen LogP) is 6.79. The van der Waals surface area contributed by atoms with E-state index in [4.69, 9.17) is 13.9 Å². The lowest BCUT2D eigenvalue weighted by atomic mass is 10.2. The van der Waals surface area contributed by atoms with Gasteiger partial charge in [-0.1, -0.05) is 20.8 Å². The lowest BCUT2D eigenvalue weighted by Crippen LogP contribution is -2.40. The number of rotatable bonds is 7. The molecule has 0 bridgehead atoms. The highest BCUT2D eigenvalue weighted by molar-refractivity contribution is 6.74. The van der Waals surface area contributed by atoms with Gasteiger partial charge in [0, 0.05) is 12.3 Å². The number of ether oxygens (including phenoxy) is 2. The van der Waals surface area contributed by atoms with E-state index in [0.717, 1.165) is 12.1 Å². The van der Waals surface area contributed by atoms with Crippen LogP contribution in [0, 0.1) is 15.9 Å². The maximum atomic E-state index is 14.5. The van der Waals surface area contributed by atoms with Gasteiger partial charge in [0.25, 0.3) is 5.69 Å². The lowest BCUT2D eigenvalue weighted by molar-refractivity contribution is -0.385. The Bertz CT molecular complexity index is 1060. The van der Waals surface area contributed by atoms with Crippen LogP contribution in [-0.4, -0.2) is 29.9 Å². The van der Waals surface area contributed by atoms with Crippen LogP contribution in [0.2, 0.25) is 18.1 Å². The first-order valence-electron chi connectivity index (χ1n) is 10.7. The minimum atomic E-state index is -2.21. The number of carbonyl (C=O) groups excluding carboxylic acids is 1. The number of hydrogen-bond acceptors (Lipinski definition) is 7. The molecule has 0 saturated heterocycles. The molecule has 0 atom stereocenters. The molecule has 0 aliphatic rings. The molecule has 0 saturated carbocycles. The number of nitro benzene ring substituents is 1. The molecule has 0 aliphatic heterocycles. The van der Waals surface area contributed by atoms with E-state index >= 15 is 0 Å². The number of nitrogens with zero attached hydrogens (tertiary/aromatic N) is 2. The van der Waals surface area contributed by atoms with Gasteiger partial charge in [0.15, 0.2) is 19.9 Å². The maximum absolute atomic E-state index is 14.5. The highest BCUT2D eigenvalue weighted by atomic mass is 28.4. The molecule has 11 heteroatoms. The highest BCUT2D eigenvalue weighted by Crippen LogP contribution is 2.39. The molecule has 0 unspecified atom stereocenters. The summed E-state index contributed by atoms with van der Waals surface area (Å²) in [6.07, 6.45) is 0.675. The summed E-state index contributed by atoms with van der Waals surface area (Å²) in [5.74, 6) is -0.780. The topological polar surface area (TPSA) is 113 Å². The average Bonchev–Trinajstić information content (AvgIpc) is 2.66. The number of benzene rings is 1. The third kappa shape index (κ3) is 7.22. The zero-order valence-electron chi connectivity index (χ0n) is 20.8. The number of pyridine rings is 1. The Kier molecular flexibility index (Phi) is 8.04. The molecule has 0 spiro atoms. The Morgan fingerprint density at radius 2 is 1.79 bits per heavy atom. The zero-order valence-corrected chi connectivity index (χ0v) is 21.8. The summed E-state index contributed by atoms with van der Waals surface area (Å²) in [6.45, 7) is 15.7. The predicted molar refractivity (Wildman–Crippen MR) is 129 cm³/mol. The van der Waals surface area contributed by atoms with Crippen molar-refractivity contribution >= 4 is 25.9 Å². The average molecular weight is 494 g/mol. The van der Waals surface area contributed by atoms with Gasteiger partial charge in [-0.2, -0.15) is 0 Å². The van der Waals surface area contributed by atoms with Gasteiger partial charge in [0.2, 0.25) is 0 Å². The molecular formula is C23H32FN3O6Si. The summed E-state index contributed by atoms with van der Waals surface area (Å²) in [5.41, 5.74) is -0.734. The molecule has 2 aromatic rings. The van der Waals surface area contributed by atoms with Crippen molar-refractivity contribution in [1.82, 2.24) is 4.98 Å². The molecule has 1 N–H and O–H groups in total. The number of carbonyl (C=O) groups is 1. The van der Waals surface area contributed by atoms with Crippen molar-refractivity contribution in [2.45, 2.75) is 71.9 Å². The molecule has 186 valence electrons. The Labute approximate surface area is 199 Å². The third-order valence-electron chi connectivity index (χ3n) is 5.36. The largest absolute Gasteiger partial charge is 0.454 e. The first kappa shape index (κ1) is 27.2. The smallest absolute Gasteiger partial charge is 0.413 e. The van der Waals surface area contributed by atoms with Gasteiger partial charge in [0.05, 0.1) is 23.2 Å². The second-order valence-corrected chi connectivity index (χ2v) is 15.1. The van der Waals surface area contributed by atoms with Gasteiger partial charge in [-0.3, -0.25) is 15.4 Å². The highest BCUT2D eigenvalue weighted by Gasteiger charge is 2.37. The molecule has 1 amide bonds. The fraction of sp³-hybridized carbons (Fsp3) is 0.478. The number of non-ortho nitro benzene ring substituents is 1. The van der Waals surface area contributed by atoms with Gasteiger partial charge >= 0.3 is 6.09 Å². The molecule has 2 rings (SSSR count). The van der Waals surface area contributed by atoms with Gasteiger partial charge < -0.3 is 13.9 Å². The number of nitro groups is 1. The number of hydrogen-bond donors (Lipinski definition) is 1.